The highest BCUT2D eigenvalue weighted by Gasteiger charge is 2.33. The van der Waals surface area contributed by atoms with Gasteiger partial charge in [0, 0.05) is 12.6 Å². The lowest BCUT2D eigenvalue weighted by atomic mass is 9.88. The van der Waals surface area contributed by atoms with Crippen molar-refractivity contribution >= 4 is 5.91 Å². The van der Waals surface area contributed by atoms with Gasteiger partial charge in [-0.25, -0.2) is 0 Å². The van der Waals surface area contributed by atoms with E-state index >= 15 is 0 Å². The summed E-state index contributed by atoms with van der Waals surface area (Å²) in [5.41, 5.74) is 0. The molecule has 1 amide bonds. The fraction of sp³-hybridized carbons (Fsp3) is 0.947. The number of carbonyl (C=O) groups excluding carboxylic acids is 1. The smallest absolute Gasteiger partial charge is 0.249 e. The van der Waals surface area contributed by atoms with Gasteiger partial charge in [0.2, 0.25) is 5.91 Å². The van der Waals surface area contributed by atoms with Crippen LogP contribution in [0.4, 0.5) is 0 Å². The van der Waals surface area contributed by atoms with Crippen LogP contribution in [0.25, 0.3) is 0 Å². The number of hydrogen-bond donors (Lipinski definition) is 2. The third kappa shape index (κ3) is 5.17. The van der Waals surface area contributed by atoms with Gasteiger partial charge in [0.05, 0.1) is 12.7 Å². The van der Waals surface area contributed by atoms with Crippen LogP contribution in [0.3, 0.4) is 0 Å². The highest BCUT2D eigenvalue weighted by atomic mass is 16.5. The topological polar surface area (TPSA) is 61.8 Å². The number of nitrogens with one attached hydrogen (secondary N) is 1. The van der Waals surface area contributed by atoms with Crippen LogP contribution in [0.15, 0.2) is 0 Å². The fourth-order valence-electron chi connectivity index (χ4n) is 4.08. The summed E-state index contributed by atoms with van der Waals surface area (Å²) in [6, 6.07) is 0.326. The molecule has 3 atom stereocenters. The van der Waals surface area contributed by atoms with E-state index < -0.39 is 6.10 Å². The zero-order chi connectivity index (χ0) is 16.9. The Bertz CT molecular complexity index is 405. The second-order valence-electron chi connectivity index (χ2n) is 8.08. The van der Waals surface area contributed by atoms with Crippen LogP contribution >= 0.6 is 0 Å². The largest absolute Gasteiger partial charge is 0.383 e. The molecule has 1 aliphatic heterocycles. The number of rotatable bonds is 7. The van der Waals surface area contributed by atoms with Gasteiger partial charge >= 0.3 is 0 Å². The van der Waals surface area contributed by atoms with Crippen molar-refractivity contribution in [2.24, 2.45) is 11.8 Å². The molecule has 1 saturated heterocycles. The zero-order valence-corrected chi connectivity index (χ0v) is 15.1. The maximum absolute atomic E-state index is 12.0. The highest BCUT2D eigenvalue weighted by molar-refractivity contribution is 5.81. The van der Waals surface area contributed by atoms with Gasteiger partial charge in [-0.2, -0.15) is 0 Å². The molecule has 3 fully saturated rings. The molecule has 5 nitrogen and oxygen atoms in total. The standard InChI is InChI=1S/C19H34N2O3/c1-14-4-2-3-5-17(14)24-13-12-21-10-8-15(9-11-21)18(22)19(23)20-16-6-7-16/h14-18,22H,2-13H2,1H3,(H,20,23)/t14-,17-,18-/m1/s1. The molecule has 24 heavy (non-hydrogen) atoms. The molecule has 138 valence electrons. The lowest BCUT2D eigenvalue weighted by molar-refractivity contribution is -0.133. The predicted octanol–water partition coefficient (Wildman–Crippen LogP) is 1.93. The van der Waals surface area contributed by atoms with Crippen molar-refractivity contribution in [2.45, 2.75) is 76.5 Å². The van der Waals surface area contributed by atoms with E-state index in [1.54, 1.807) is 0 Å². The number of piperidine rings is 1. The first-order valence-electron chi connectivity index (χ1n) is 9.96. The molecule has 2 N–H and O–H groups in total. The van der Waals surface area contributed by atoms with E-state index in [9.17, 15) is 9.90 Å². The summed E-state index contributed by atoms with van der Waals surface area (Å²) in [4.78, 5) is 14.4. The Morgan fingerprint density at radius 2 is 1.88 bits per heavy atom. The van der Waals surface area contributed by atoms with E-state index in [2.05, 4.69) is 17.1 Å². The van der Waals surface area contributed by atoms with Gasteiger partial charge in [0.25, 0.3) is 0 Å². The maximum atomic E-state index is 12.0. The molecule has 0 spiro atoms. The molecule has 0 unspecified atom stereocenters. The van der Waals surface area contributed by atoms with E-state index in [4.69, 9.17) is 4.74 Å². The predicted molar refractivity (Wildman–Crippen MR) is 93.7 cm³/mol. The van der Waals surface area contributed by atoms with Crippen molar-refractivity contribution in [1.82, 2.24) is 10.2 Å². The van der Waals surface area contributed by atoms with Crippen molar-refractivity contribution in [2.75, 3.05) is 26.2 Å². The van der Waals surface area contributed by atoms with Crippen LogP contribution < -0.4 is 5.32 Å². The normalized spacial score (nSPS) is 30.9. The van der Waals surface area contributed by atoms with E-state index in [1.807, 2.05) is 0 Å². The molecule has 0 aromatic heterocycles. The first-order chi connectivity index (χ1) is 11.6. The van der Waals surface area contributed by atoms with Crippen molar-refractivity contribution in [3.63, 3.8) is 0 Å². The SMILES string of the molecule is C[C@@H]1CCCC[C@H]1OCCN1CCC([C@@H](O)C(=O)NC2CC2)CC1. The average molecular weight is 338 g/mol. The second-order valence-corrected chi connectivity index (χ2v) is 8.08. The summed E-state index contributed by atoms with van der Waals surface area (Å²) in [6.07, 6.45) is 8.73. The van der Waals surface area contributed by atoms with Crippen LogP contribution in [0.5, 0.6) is 0 Å². The van der Waals surface area contributed by atoms with Crippen LogP contribution in [0, 0.1) is 11.8 Å². The van der Waals surface area contributed by atoms with E-state index in [-0.39, 0.29) is 11.8 Å². The molecule has 0 bridgehead atoms. The number of hydrogen-bond acceptors (Lipinski definition) is 4. The van der Waals surface area contributed by atoms with Gasteiger partial charge in [-0.05, 0) is 63.5 Å². The summed E-state index contributed by atoms with van der Waals surface area (Å²) in [5.74, 6) is 0.648. The number of aliphatic hydroxyl groups excluding tert-OH is 1. The molecule has 0 aromatic rings. The van der Waals surface area contributed by atoms with Crippen LogP contribution in [0.1, 0.15) is 58.3 Å². The molecular formula is C19H34N2O3. The third-order valence-electron chi connectivity index (χ3n) is 6.04. The van der Waals surface area contributed by atoms with Crippen molar-refractivity contribution in [3.05, 3.63) is 0 Å². The minimum atomic E-state index is -0.827. The molecule has 2 aliphatic carbocycles. The Morgan fingerprint density at radius 1 is 1.17 bits per heavy atom. The lowest BCUT2D eigenvalue weighted by Crippen LogP contribution is -2.45. The molecule has 1 heterocycles. The van der Waals surface area contributed by atoms with E-state index in [1.165, 1.54) is 25.7 Å². The first kappa shape index (κ1) is 18.2. The Morgan fingerprint density at radius 3 is 2.54 bits per heavy atom. The Labute approximate surface area is 146 Å². The average Bonchev–Trinajstić information content (AvgIpc) is 3.40. The Balaban J connectivity index is 1.30. The van der Waals surface area contributed by atoms with Crippen molar-refractivity contribution < 1.29 is 14.6 Å². The fourth-order valence-corrected chi connectivity index (χ4v) is 4.08. The molecule has 0 radical (unpaired) electrons. The molecule has 0 aromatic carbocycles. The van der Waals surface area contributed by atoms with Gasteiger partial charge < -0.3 is 20.1 Å². The van der Waals surface area contributed by atoms with Crippen molar-refractivity contribution in [1.29, 1.82) is 0 Å². The summed E-state index contributed by atoms with van der Waals surface area (Å²) >= 11 is 0. The van der Waals surface area contributed by atoms with Gasteiger partial charge in [0.1, 0.15) is 6.10 Å². The molecule has 3 rings (SSSR count). The number of likely N-dealkylation sites (tertiary alicyclic amines) is 1. The van der Waals surface area contributed by atoms with Crippen LogP contribution in [-0.4, -0.2) is 60.4 Å². The van der Waals surface area contributed by atoms with Gasteiger partial charge in [-0.1, -0.05) is 19.8 Å². The Hall–Kier alpha value is -0.650. The monoisotopic (exact) mass is 338 g/mol. The lowest BCUT2D eigenvalue weighted by Gasteiger charge is -2.34. The van der Waals surface area contributed by atoms with Crippen LogP contribution in [-0.2, 0) is 9.53 Å². The number of nitrogens with zero attached hydrogens (tertiary/aromatic N) is 1. The molecular weight excluding hydrogens is 304 g/mol. The zero-order valence-electron chi connectivity index (χ0n) is 15.1. The number of amides is 1. The van der Waals surface area contributed by atoms with Crippen LogP contribution in [0.2, 0.25) is 0 Å². The summed E-state index contributed by atoms with van der Waals surface area (Å²) in [5, 5.41) is 13.1. The van der Waals surface area contributed by atoms with E-state index in [0.717, 1.165) is 51.9 Å². The summed E-state index contributed by atoms with van der Waals surface area (Å²) in [7, 11) is 0. The Kier molecular flexibility index (Phi) is 6.53. The quantitative estimate of drug-likeness (QED) is 0.745. The van der Waals surface area contributed by atoms with Gasteiger partial charge in [-0.3, -0.25) is 4.79 Å². The number of carbonyl (C=O) groups is 1. The third-order valence-corrected chi connectivity index (χ3v) is 6.04. The minimum Gasteiger partial charge on any atom is -0.383 e. The number of ether oxygens (including phenoxy) is 1. The first-order valence-corrected chi connectivity index (χ1v) is 9.96. The van der Waals surface area contributed by atoms with Gasteiger partial charge in [0.15, 0.2) is 0 Å². The van der Waals surface area contributed by atoms with Crippen molar-refractivity contribution in [3.8, 4) is 0 Å². The summed E-state index contributed by atoms with van der Waals surface area (Å²) in [6.45, 7) is 6.01. The second kappa shape index (κ2) is 8.63. The highest BCUT2D eigenvalue weighted by Crippen LogP contribution is 2.27. The van der Waals surface area contributed by atoms with Gasteiger partial charge in [-0.15, -0.1) is 0 Å². The number of aliphatic hydroxyl groups is 1. The van der Waals surface area contributed by atoms with E-state index in [0.29, 0.717) is 18.1 Å². The minimum absolute atomic E-state index is 0.110. The summed E-state index contributed by atoms with van der Waals surface area (Å²) < 4.78 is 6.11. The molecule has 3 aliphatic rings. The maximum Gasteiger partial charge on any atom is 0.249 e. The molecule has 5 heteroatoms. The molecule has 2 saturated carbocycles.